The quantitative estimate of drug-likeness (QED) is 0.918. The lowest BCUT2D eigenvalue weighted by molar-refractivity contribution is -0.137. The number of halogens is 1. The number of aliphatic carboxylic acids is 1. The fourth-order valence-electron chi connectivity index (χ4n) is 1.60. The normalized spacial score (nSPS) is 12.3. The van der Waals surface area contributed by atoms with Crippen molar-refractivity contribution < 1.29 is 9.90 Å². The molecule has 2 aromatic rings. The summed E-state index contributed by atoms with van der Waals surface area (Å²) in [6.45, 7) is 1.88. The van der Waals surface area contributed by atoms with Crippen LogP contribution in [0.4, 0.5) is 0 Å². The maximum atomic E-state index is 10.7. The molecule has 18 heavy (non-hydrogen) atoms. The van der Waals surface area contributed by atoms with Crippen molar-refractivity contribution in [1.82, 2.24) is 4.98 Å². The van der Waals surface area contributed by atoms with E-state index in [0.717, 1.165) is 20.7 Å². The SMILES string of the molecule is CC(CC(=O)O)c1csc(-c2ccc(Br)cc2)n1. The first-order valence-electron chi connectivity index (χ1n) is 5.49. The summed E-state index contributed by atoms with van der Waals surface area (Å²) in [5, 5.41) is 11.6. The van der Waals surface area contributed by atoms with E-state index >= 15 is 0 Å². The van der Waals surface area contributed by atoms with Crippen LogP contribution in [-0.4, -0.2) is 16.1 Å². The van der Waals surface area contributed by atoms with Gasteiger partial charge in [-0.1, -0.05) is 35.0 Å². The minimum atomic E-state index is -0.791. The van der Waals surface area contributed by atoms with E-state index < -0.39 is 5.97 Å². The van der Waals surface area contributed by atoms with E-state index in [4.69, 9.17) is 5.11 Å². The summed E-state index contributed by atoms with van der Waals surface area (Å²) < 4.78 is 1.03. The highest BCUT2D eigenvalue weighted by Gasteiger charge is 2.14. The number of aromatic nitrogens is 1. The van der Waals surface area contributed by atoms with Crippen molar-refractivity contribution in [2.24, 2.45) is 0 Å². The van der Waals surface area contributed by atoms with E-state index in [1.54, 1.807) is 11.3 Å². The lowest BCUT2D eigenvalue weighted by atomic mass is 10.1. The molecule has 5 heteroatoms. The second-order valence-corrected chi connectivity index (χ2v) is 5.86. The Kier molecular flexibility index (Phi) is 4.14. The van der Waals surface area contributed by atoms with Crippen molar-refractivity contribution in [3.63, 3.8) is 0 Å². The first-order chi connectivity index (χ1) is 8.56. The van der Waals surface area contributed by atoms with E-state index in [-0.39, 0.29) is 12.3 Å². The minimum absolute atomic E-state index is 0.0528. The average molecular weight is 326 g/mol. The summed E-state index contributed by atoms with van der Waals surface area (Å²) in [5.41, 5.74) is 1.90. The number of nitrogens with zero attached hydrogens (tertiary/aromatic N) is 1. The zero-order valence-corrected chi connectivity index (χ0v) is 12.2. The highest BCUT2D eigenvalue weighted by molar-refractivity contribution is 9.10. The summed E-state index contributed by atoms with van der Waals surface area (Å²) in [5.74, 6) is -0.844. The molecule has 0 saturated heterocycles. The highest BCUT2D eigenvalue weighted by atomic mass is 79.9. The fourth-order valence-corrected chi connectivity index (χ4v) is 2.82. The van der Waals surface area contributed by atoms with Gasteiger partial charge in [-0.15, -0.1) is 11.3 Å². The predicted molar refractivity (Wildman–Crippen MR) is 75.9 cm³/mol. The van der Waals surface area contributed by atoms with Crippen molar-refractivity contribution in [3.05, 3.63) is 39.8 Å². The third-order valence-electron chi connectivity index (χ3n) is 2.60. The molecule has 3 nitrogen and oxygen atoms in total. The molecule has 1 aromatic carbocycles. The molecule has 1 heterocycles. The Labute approximate surface area is 118 Å². The number of carboxylic acid groups (broad SMARTS) is 1. The van der Waals surface area contributed by atoms with Gasteiger partial charge in [0.1, 0.15) is 5.01 Å². The molecule has 1 unspecified atom stereocenters. The topological polar surface area (TPSA) is 50.2 Å². The van der Waals surface area contributed by atoms with E-state index in [0.29, 0.717) is 0 Å². The summed E-state index contributed by atoms with van der Waals surface area (Å²) in [7, 11) is 0. The molecule has 1 atom stereocenters. The van der Waals surface area contributed by atoms with Crippen LogP contribution < -0.4 is 0 Å². The third kappa shape index (κ3) is 3.17. The van der Waals surface area contributed by atoms with Crippen LogP contribution in [0.1, 0.15) is 25.0 Å². The third-order valence-corrected chi connectivity index (χ3v) is 4.04. The van der Waals surface area contributed by atoms with Crippen LogP contribution in [0.5, 0.6) is 0 Å². The smallest absolute Gasteiger partial charge is 0.304 e. The lowest BCUT2D eigenvalue weighted by Gasteiger charge is -2.03. The number of benzene rings is 1. The van der Waals surface area contributed by atoms with E-state index in [1.165, 1.54) is 0 Å². The Hall–Kier alpha value is -1.20. The molecule has 0 aliphatic heterocycles. The van der Waals surface area contributed by atoms with Gasteiger partial charge in [0.15, 0.2) is 0 Å². The second kappa shape index (κ2) is 5.63. The predicted octanol–water partition coefficient (Wildman–Crippen LogP) is 4.15. The van der Waals surface area contributed by atoms with E-state index in [9.17, 15) is 4.79 Å². The van der Waals surface area contributed by atoms with Crippen LogP contribution >= 0.6 is 27.3 Å². The van der Waals surface area contributed by atoms with Gasteiger partial charge in [-0.3, -0.25) is 4.79 Å². The molecule has 1 N–H and O–H groups in total. The zero-order chi connectivity index (χ0) is 13.1. The Morgan fingerprint density at radius 3 is 2.72 bits per heavy atom. The van der Waals surface area contributed by atoms with Gasteiger partial charge >= 0.3 is 5.97 Å². The molecule has 1 aromatic heterocycles. The Bertz CT molecular complexity index is 550. The Morgan fingerprint density at radius 1 is 1.44 bits per heavy atom. The summed E-state index contributed by atoms with van der Waals surface area (Å²) >= 11 is 4.94. The molecule has 0 aliphatic rings. The first-order valence-corrected chi connectivity index (χ1v) is 7.16. The van der Waals surface area contributed by atoms with E-state index in [1.807, 2.05) is 36.6 Å². The van der Waals surface area contributed by atoms with Crippen LogP contribution in [0, 0.1) is 0 Å². The van der Waals surface area contributed by atoms with Crippen molar-refractivity contribution >= 4 is 33.2 Å². The van der Waals surface area contributed by atoms with Crippen molar-refractivity contribution in [3.8, 4) is 10.6 Å². The van der Waals surface area contributed by atoms with Crippen LogP contribution in [-0.2, 0) is 4.79 Å². The summed E-state index contributed by atoms with van der Waals surface area (Å²) in [6.07, 6.45) is 0.115. The molecule has 0 amide bonds. The maximum absolute atomic E-state index is 10.7. The van der Waals surface area contributed by atoms with Gasteiger partial charge in [-0.05, 0) is 12.1 Å². The average Bonchev–Trinajstić information content (AvgIpc) is 2.78. The van der Waals surface area contributed by atoms with Crippen LogP contribution in [0.25, 0.3) is 10.6 Å². The molecule has 0 spiro atoms. The lowest BCUT2D eigenvalue weighted by Crippen LogP contribution is -2.02. The van der Waals surface area contributed by atoms with Crippen LogP contribution in [0.2, 0.25) is 0 Å². The molecular weight excluding hydrogens is 314 g/mol. The molecule has 0 bridgehead atoms. The van der Waals surface area contributed by atoms with Crippen molar-refractivity contribution in [2.75, 3.05) is 0 Å². The monoisotopic (exact) mass is 325 g/mol. The maximum Gasteiger partial charge on any atom is 0.304 e. The van der Waals surface area contributed by atoms with E-state index in [2.05, 4.69) is 20.9 Å². The molecule has 2 rings (SSSR count). The standard InChI is InChI=1S/C13H12BrNO2S/c1-8(6-12(16)17)11-7-18-13(15-11)9-2-4-10(14)5-3-9/h2-5,7-8H,6H2,1H3,(H,16,17). The Morgan fingerprint density at radius 2 is 2.11 bits per heavy atom. The molecule has 0 saturated carbocycles. The first kappa shape index (κ1) is 13.2. The minimum Gasteiger partial charge on any atom is -0.481 e. The number of carboxylic acids is 1. The number of thiazole rings is 1. The molecule has 94 valence electrons. The number of hydrogen-bond donors (Lipinski definition) is 1. The fraction of sp³-hybridized carbons (Fsp3) is 0.231. The van der Waals surface area contributed by atoms with Crippen molar-refractivity contribution in [1.29, 1.82) is 0 Å². The van der Waals surface area contributed by atoms with Gasteiger partial charge in [-0.25, -0.2) is 4.98 Å². The van der Waals surface area contributed by atoms with Crippen LogP contribution in [0.15, 0.2) is 34.1 Å². The van der Waals surface area contributed by atoms with Crippen molar-refractivity contribution in [2.45, 2.75) is 19.3 Å². The second-order valence-electron chi connectivity index (χ2n) is 4.08. The van der Waals surface area contributed by atoms with Gasteiger partial charge in [0, 0.05) is 21.3 Å². The van der Waals surface area contributed by atoms with Gasteiger partial charge in [0.25, 0.3) is 0 Å². The number of rotatable bonds is 4. The number of hydrogen-bond acceptors (Lipinski definition) is 3. The van der Waals surface area contributed by atoms with Gasteiger partial charge in [0.05, 0.1) is 12.1 Å². The largest absolute Gasteiger partial charge is 0.481 e. The van der Waals surface area contributed by atoms with Gasteiger partial charge in [0.2, 0.25) is 0 Å². The summed E-state index contributed by atoms with van der Waals surface area (Å²) in [6, 6.07) is 7.93. The van der Waals surface area contributed by atoms with Gasteiger partial charge < -0.3 is 5.11 Å². The number of carbonyl (C=O) groups is 1. The summed E-state index contributed by atoms with van der Waals surface area (Å²) in [4.78, 5) is 15.2. The highest BCUT2D eigenvalue weighted by Crippen LogP contribution is 2.28. The molecular formula is C13H12BrNO2S. The zero-order valence-electron chi connectivity index (χ0n) is 9.76. The Balaban J connectivity index is 2.19. The van der Waals surface area contributed by atoms with Gasteiger partial charge in [-0.2, -0.15) is 0 Å². The molecule has 0 fully saturated rings. The molecule has 0 aliphatic carbocycles. The molecule has 0 radical (unpaired) electrons. The van der Waals surface area contributed by atoms with Crippen LogP contribution in [0.3, 0.4) is 0 Å².